The fourth-order valence-corrected chi connectivity index (χ4v) is 2.69. The number of anilines is 1. The first-order valence-corrected chi connectivity index (χ1v) is 8.09. The summed E-state index contributed by atoms with van der Waals surface area (Å²) in [6.45, 7) is 2.83. The predicted molar refractivity (Wildman–Crippen MR) is 96.5 cm³/mol. The number of likely N-dealkylation sites (N-methyl/N-ethyl adjacent to an activating group) is 1. The number of hydrogen-bond donors (Lipinski definition) is 1. The van der Waals surface area contributed by atoms with Gasteiger partial charge >= 0.3 is 0 Å². The lowest BCUT2D eigenvalue weighted by atomic mass is 10.3. The van der Waals surface area contributed by atoms with Crippen molar-refractivity contribution in [3.8, 4) is 5.69 Å². The molecule has 1 N–H and O–H groups in total. The van der Waals surface area contributed by atoms with Gasteiger partial charge in [0.1, 0.15) is 5.82 Å². The minimum atomic E-state index is -0.0686. The Morgan fingerprint density at radius 3 is 2.72 bits per heavy atom. The number of nitrogens with zero attached hydrogens (tertiary/aromatic N) is 5. The molecule has 0 aliphatic rings. The Hall–Kier alpha value is -2.93. The molecule has 0 aliphatic heterocycles. The van der Waals surface area contributed by atoms with E-state index in [9.17, 15) is 4.79 Å². The van der Waals surface area contributed by atoms with Gasteiger partial charge in [-0.05, 0) is 26.1 Å². The zero-order valence-corrected chi connectivity index (χ0v) is 14.7. The van der Waals surface area contributed by atoms with Gasteiger partial charge in [0, 0.05) is 31.4 Å². The highest BCUT2D eigenvalue weighted by Crippen LogP contribution is 2.10. The first-order chi connectivity index (χ1) is 12.0. The number of aryl methyl sites for hydroxylation is 2. The van der Waals surface area contributed by atoms with Crippen molar-refractivity contribution in [1.29, 1.82) is 0 Å². The van der Waals surface area contributed by atoms with Crippen LogP contribution in [0.25, 0.3) is 5.69 Å². The second-order valence-corrected chi connectivity index (χ2v) is 6.14. The standard InChI is InChI=1S/C18H22N6O/c1-14-9-17(23(3)21-14)20-18(25)13-22(2)11-15-10-19-24(12-15)16-7-5-4-6-8-16/h4-10,12H,11,13H2,1-3H3,(H,20,25). The summed E-state index contributed by atoms with van der Waals surface area (Å²) in [4.78, 5) is 14.1. The van der Waals surface area contributed by atoms with Crippen molar-refractivity contribution in [3.05, 3.63) is 60.0 Å². The fraction of sp³-hybridized carbons (Fsp3) is 0.278. The van der Waals surface area contributed by atoms with E-state index in [4.69, 9.17) is 0 Å². The molecule has 25 heavy (non-hydrogen) atoms. The van der Waals surface area contributed by atoms with Crippen LogP contribution in [0.1, 0.15) is 11.3 Å². The Balaban J connectivity index is 1.56. The Bertz CT molecular complexity index is 852. The van der Waals surface area contributed by atoms with Crippen molar-refractivity contribution in [2.75, 3.05) is 18.9 Å². The highest BCUT2D eigenvalue weighted by atomic mass is 16.2. The van der Waals surface area contributed by atoms with Crippen LogP contribution in [0.5, 0.6) is 0 Å². The van der Waals surface area contributed by atoms with Crippen LogP contribution >= 0.6 is 0 Å². The lowest BCUT2D eigenvalue weighted by Crippen LogP contribution is -2.30. The van der Waals surface area contributed by atoms with E-state index >= 15 is 0 Å². The molecule has 0 saturated carbocycles. The van der Waals surface area contributed by atoms with Crippen molar-refractivity contribution in [2.24, 2.45) is 7.05 Å². The Morgan fingerprint density at radius 1 is 1.28 bits per heavy atom. The Labute approximate surface area is 146 Å². The molecule has 1 amide bonds. The number of amides is 1. The lowest BCUT2D eigenvalue weighted by molar-refractivity contribution is -0.117. The van der Waals surface area contributed by atoms with Crippen LogP contribution in [-0.4, -0.2) is 44.0 Å². The van der Waals surface area contributed by atoms with E-state index in [0.717, 1.165) is 16.9 Å². The van der Waals surface area contributed by atoms with E-state index in [1.807, 2.05) is 79.4 Å². The number of hydrogen-bond acceptors (Lipinski definition) is 4. The van der Waals surface area contributed by atoms with E-state index in [-0.39, 0.29) is 5.91 Å². The number of rotatable bonds is 6. The van der Waals surface area contributed by atoms with E-state index < -0.39 is 0 Å². The summed E-state index contributed by atoms with van der Waals surface area (Å²) in [6.07, 6.45) is 3.81. The summed E-state index contributed by atoms with van der Waals surface area (Å²) >= 11 is 0. The van der Waals surface area contributed by atoms with Crippen molar-refractivity contribution in [1.82, 2.24) is 24.5 Å². The summed E-state index contributed by atoms with van der Waals surface area (Å²) in [5.74, 6) is 0.633. The van der Waals surface area contributed by atoms with Crippen LogP contribution < -0.4 is 5.32 Å². The molecule has 0 bridgehead atoms. The first-order valence-electron chi connectivity index (χ1n) is 8.09. The highest BCUT2D eigenvalue weighted by Gasteiger charge is 2.11. The minimum Gasteiger partial charge on any atom is -0.310 e. The van der Waals surface area contributed by atoms with E-state index in [1.165, 1.54) is 0 Å². The van der Waals surface area contributed by atoms with Gasteiger partial charge in [-0.15, -0.1) is 0 Å². The maximum atomic E-state index is 12.2. The third-order valence-corrected chi connectivity index (χ3v) is 3.79. The molecule has 7 nitrogen and oxygen atoms in total. The smallest absolute Gasteiger partial charge is 0.239 e. The number of benzene rings is 1. The summed E-state index contributed by atoms with van der Waals surface area (Å²) < 4.78 is 3.50. The second kappa shape index (κ2) is 7.31. The molecule has 3 rings (SSSR count). The molecule has 0 radical (unpaired) electrons. The van der Waals surface area contributed by atoms with Crippen LogP contribution in [0.3, 0.4) is 0 Å². The zero-order valence-electron chi connectivity index (χ0n) is 14.7. The van der Waals surface area contributed by atoms with Gasteiger partial charge in [-0.1, -0.05) is 18.2 Å². The van der Waals surface area contributed by atoms with Crippen molar-refractivity contribution >= 4 is 11.7 Å². The molecule has 1 aromatic carbocycles. The molecule has 0 saturated heterocycles. The molecule has 0 atom stereocenters. The Morgan fingerprint density at radius 2 is 2.04 bits per heavy atom. The molecule has 130 valence electrons. The van der Waals surface area contributed by atoms with Gasteiger partial charge in [-0.3, -0.25) is 14.4 Å². The van der Waals surface area contributed by atoms with Gasteiger partial charge in [-0.25, -0.2) is 4.68 Å². The van der Waals surface area contributed by atoms with Crippen LogP contribution in [-0.2, 0) is 18.4 Å². The number of para-hydroxylation sites is 1. The topological polar surface area (TPSA) is 68.0 Å². The molecule has 2 aromatic heterocycles. The van der Waals surface area contributed by atoms with E-state index in [1.54, 1.807) is 4.68 Å². The quantitative estimate of drug-likeness (QED) is 0.746. The molecule has 0 unspecified atom stereocenters. The van der Waals surface area contributed by atoms with E-state index in [0.29, 0.717) is 18.9 Å². The molecule has 7 heteroatoms. The monoisotopic (exact) mass is 338 g/mol. The van der Waals surface area contributed by atoms with Gasteiger partial charge in [0.15, 0.2) is 0 Å². The van der Waals surface area contributed by atoms with Gasteiger partial charge in [-0.2, -0.15) is 10.2 Å². The largest absolute Gasteiger partial charge is 0.310 e. The minimum absolute atomic E-state index is 0.0686. The number of nitrogens with one attached hydrogen (secondary N) is 1. The van der Waals surface area contributed by atoms with Crippen molar-refractivity contribution in [3.63, 3.8) is 0 Å². The molecule has 2 heterocycles. The molecular formula is C18H22N6O. The summed E-state index contributed by atoms with van der Waals surface area (Å²) in [5.41, 5.74) is 2.94. The fourth-order valence-electron chi connectivity index (χ4n) is 2.69. The summed E-state index contributed by atoms with van der Waals surface area (Å²) in [6, 6.07) is 11.8. The number of carbonyl (C=O) groups excluding carboxylic acids is 1. The summed E-state index contributed by atoms with van der Waals surface area (Å²) in [7, 11) is 3.72. The maximum absolute atomic E-state index is 12.2. The molecular weight excluding hydrogens is 316 g/mol. The predicted octanol–water partition coefficient (Wildman–Crippen LogP) is 1.98. The van der Waals surface area contributed by atoms with Gasteiger partial charge in [0.25, 0.3) is 0 Å². The Kier molecular flexibility index (Phi) is 4.95. The molecule has 0 fully saturated rings. The number of aromatic nitrogens is 4. The normalized spacial score (nSPS) is 11.0. The van der Waals surface area contributed by atoms with Crippen LogP contribution in [0.2, 0.25) is 0 Å². The van der Waals surface area contributed by atoms with E-state index in [2.05, 4.69) is 15.5 Å². The van der Waals surface area contributed by atoms with Gasteiger partial charge in [0.2, 0.25) is 5.91 Å². The van der Waals surface area contributed by atoms with Crippen LogP contribution in [0, 0.1) is 6.92 Å². The lowest BCUT2D eigenvalue weighted by Gasteiger charge is -2.15. The SMILES string of the molecule is Cc1cc(NC(=O)CN(C)Cc2cnn(-c3ccccc3)c2)n(C)n1. The maximum Gasteiger partial charge on any atom is 0.239 e. The summed E-state index contributed by atoms with van der Waals surface area (Å²) in [5, 5.41) is 11.5. The van der Waals surface area contributed by atoms with Crippen molar-refractivity contribution < 1.29 is 4.79 Å². The third kappa shape index (κ3) is 4.33. The molecule has 0 aliphatic carbocycles. The number of carbonyl (C=O) groups is 1. The molecule has 3 aromatic rings. The second-order valence-electron chi connectivity index (χ2n) is 6.14. The molecule has 0 spiro atoms. The van der Waals surface area contributed by atoms with Crippen LogP contribution in [0.15, 0.2) is 48.8 Å². The zero-order chi connectivity index (χ0) is 17.8. The third-order valence-electron chi connectivity index (χ3n) is 3.79. The average Bonchev–Trinajstić information content (AvgIpc) is 3.14. The first kappa shape index (κ1) is 16.9. The highest BCUT2D eigenvalue weighted by molar-refractivity contribution is 5.91. The van der Waals surface area contributed by atoms with Crippen molar-refractivity contribution in [2.45, 2.75) is 13.5 Å². The van der Waals surface area contributed by atoms with Gasteiger partial charge in [0.05, 0.1) is 24.1 Å². The van der Waals surface area contributed by atoms with Crippen LogP contribution in [0.4, 0.5) is 5.82 Å². The van der Waals surface area contributed by atoms with Gasteiger partial charge < -0.3 is 5.32 Å². The average molecular weight is 338 g/mol.